The third-order valence-corrected chi connectivity index (χ3v) is 5.20. The predicted octanol–water partition coefficient (Wildman–Crippen LogP) is 4.28. The van der Waals surface area contributed by atoms with Crippen molar-refractivity contribution in [1.29, 1.82) is 0 Å². The Hall–Kier alpha value is -2.87. The van der Waals surface area contributed by atoms with Gasteiger partial charge in [-0.25, -0.2) is 4.98 Å². The maximum Gasteiger partial charge on any atom is 0.282 e. The molecule has 1 atom stereocenters. The molecule has 152 valence electrons. The van der Waals surface area contributed by atoms with Gasteiger partial charge in [0, 0.05) is 16.0 Å². The monoisotopic (exact) mass is 459 g/mol. The van der Waals surface area contributed by atoms with E-state index in [-0.39, 0.29) is 28.7 Å². The topological polar surface area (TPSA) is 85.9 Å². The molecule has 0 aliphatic rings. The molecule has 0 aliphatic carbocycles. The van der Waals surface area contributed by atoms with Gasteiger partial charge in [-0.2, -0.15) is 9.78 Å². The number of hydrogen-bond acceptors (Lipinski definition) is 6. The van der Waals surface area contributed by atoms with Crippen molar-refractivity contribution in [3.8, 4) is 17.2 Å². The Morgan fingerprint density at radius 3 is 2.48 bits per heavy atom. The number of ether oxygens (including phenoxy) is 2. The minimum Gasteiger partial charge on any atom is -0.502 e. The van der Waals surface area contributed by atoms with Crippen LogP contribution in [-0.2, 0) is 0 Å². The van der Waals surface area contributed by atoms with Gasteiger partial charge in [0.25, 0.3) is 5.56 Å². The van der Waals surface area contributed by atoms with Crippen molar-refractivity contribution in [3.05, 3.63) is 56.5 Å². The Balaban J connectivity index is 2.19. The van der Waals surface area contributed by atoms with Gasteiger partial charge in [0.2, 0.25) is 5.75 Å². The van der Waals surface area contributed by atoms with Crippen molar-refractivity contribution < 1.29 is 14.6 Å². The molecule has 2 aromatic carbocycles. The van der Waals surface area contributed by atoms with Crippen LogP contribution in [0.2, 0.25) is 0 Å². The van der Waals surface area contributed by atoms with Crippen LogP contribution in [0.5, 0.6) is 17.2 Å². The number of hydrogen-bond donors (Lipinski definition) is 1. The van der Waals surface area contributed by atoms with Gasteiger partial charge < -0.3 is 14.6 Å². The minimum absolute atomic E-state index is 0.0387. The number of phenolic OH excluding ortho intramolecular Hbond substituents is 1. The Labute approximate surface area is 176 Å². The number of fused-ring (bicyclic) bond motifs is 1. The fourth-order valence-electron chi connectivity index (χ4n) is 2.89. The lowest BCUT2D eigenvalue weighted by Gasteiger charge is -2.14. The fraction of sp³-hybridized carbons (Fsp3) is 0.286. The van der Waals surface area contributed by atoms with Crippen LogP contribution in [-0.4, -0.2) is 35.2 Å². The van der Waals surface area contributed by atoms with E-state index in [2.05, 4.69) is 26.0 Å². The second-order valence-corrected chi connectivity index (χ2v) is 7.49. The summed E-state index contributed by atoms with van der Waals surface area (Å²) >= 11 is 3.40. The summed E-state index contributed by atoms with van der Waals surface area (Å²) in [6.45, 7) is 4.04. The molecule has 0 aliphatic heterocycles. The highest BCUT2D eigenvalue weighted by Crippen LogP contribution is 2.36. The summed E-state index contributed by atoms with van der Waals surface area (Å²) in [6, 6.07) is 8.64. The van der Waals surface area contributed by atoms with Gasteiger partial charge in [-0.05, 0) is 36.8 Å². The molecule has 29 heavy (non-hydrogen) atoms. The molecule has 1 N–H and O–H groups in total. The summed E-state index contributed by atoms with van der Waals surface area (Å²) in [5.41, 5.74) is 0.987. The molecule has 0 fully saturated rings. The molecule has 0 saturated carbocycles. The standard InChI is InChI=1S/C21H22BrN3O4/c1-5-12(2)20-24-16-7-6-14(22)10-15(16)21(27)25(20)23-11-13-8-17(28-3)19(26)18(9-13)29-4/h6-12,26H,5H2,1-4H3/t12-/m1/s1. The highest BCUT2D eigenvalue weighted by molar-refractivity contribution is 9.10. The number of phenols is 1. The Kier molecular flexibility index (Phi) is 6.22. The van der Waals surface area contributed by atoms with Gasteiger partial charge in [-0.15, -0.1) is 0 Å². The first kappa shape index (κ1) is 20.9. The molecule has 0 bridgehead atoms. The number of halogens is 1. The first-order valence-electron chi connectivity index (χ1n) is 9.11. The second-order valence-electron chi connectivity index (χ2n) is 6.58. The maximum atomic E-state index is 13.1. The van der Waals surface area contributed by atoms with Crippen molar-refractivity contribution in [2.75, 3.05) is 14.2 Å². The zero-order chi connectivity index (χ0) is 21.1. The van der Waals surface area contributed by atoms with Gasteiger partial charge in [0.05, 0.1) is 31.3 Å². The summed E-state index contributed by atoms with van der Waals surface area (Å²) in [5, 5.41) is 15.0. The molecule has 0 amide bonds. The summed E-state index contributed by atoms with van der Waals surface area (Å²) in [7, 11) is 2.90. The summed E-state index contributed by atoms with van der Waals surface area (Å²) in [4.78, 5) is 17.8. The normalized spacial score (nSPS) is 12.4. The van der Waals surface area contributed by atoms with E-state index in [1.54, 1.807) is 18.2 Å². The van der Waals surface area contributed by atoms with Crippen LogP contribution < -0.4 is 15.0 Å². The highest BCUT2D eigenvalue weighted by atomic mass is 79.9. The molecule has 1 heterocycles. The number of benzene rings is 2. The first-order valence-corrected chi connectivity index (χ1v) is 9.90. The van der Waals surface area contributed by atoms with Crippen LogP contribution >= 0.6 is 15.9 Å². The largest absolute Gasteiger partial charge is 0.502 e. The average molecular weight is 460 g/mol. The quantitative estimate of drug-likeness (QED) is 0.555. The third kappa shape index (κ3) is 4.12. The number of rotatable bonds is 6. The number of aromatic nitrogens is 2. The molecular weight excluding hydrogens is 438 g/mol. The Bertz CT molecular complexity index is 1120. The molecule has 3 rings (SSSR count). The highest BCUT2D eigenvalue weighted by Gasteiger charge is 2.16. The van der Waals surface area contributed by atoms with E-state index in [0.29, 0.717) is 22.3 Å². The minimum atomic E-state index is -0.249. The van der Waals surface area contributed by atoms with E-state index in [1.807, 2.05) is 26.0 Å². The summed E-state index contributed by atoms with van der Waals surface area (Å²) in [6.07, 6.45) is 2.33. The first-order chi connectivity index (χ1) is 13.9. The lowest BCUT2D eigenvalue weighted by atomic mass is 10.1. The second kappa shape index (κ2) is 8.65. The number of nitrogens with zero attached hydrogens (tertiary/aromatic N) is 3. The van der Waals surface area contributed by atoms with Gasteiger partial charge in [0.15, 0.2) is 11.5 Å². The van der Waals surface area contributed by atoms with Crippen molar-refractivity contribution in [1.82, 2.24) is 9.66 Å². The third-order valence-electron chi connectivity index (χ3n) is 4.71. The van der Waals surface area contributed by atoms with Crippen molar-refractivity contribution in [2.24, 2.45) is 5.10 Å². The molecule has 0 unspecified atom stereocenters. The van der Waals surface area contributed by atoms with Crippen molar-refractivity contribution >= 4 is 33.0 Å². The SMILES string of the molecule is CC[C@@H](C)c1nc2ccc(Br)cc2c(=O)n1N=Cc1cc(OC)c(O)c(OC)c1. The predicted molar refractivity (Wildman–Crippen MR) is 117 cm³/mol. The smallest absolute Gasteiger partial charge is 0.282 e. The van der Waals surface area contributed by atoms with E-state index in [9.17, 15) is 9.90 Å². The van der Waals surface area contributed by atoms with Crippen LogP contribution in [0.1, 0.15) is 37.6 Å². The van der Waals surface area contributed by atoms with E-state index >= 15 is 0 Å². The van der Waals surface area contributed by atoms with Gasteiger partial charge in [-0.3, -0.25) is 4.79 Å². The molecule has 1 aromatic heterocycles. The van der Waals surface area contributed by atoms with Crippen LogP contribution in [0.25, 0.3) is 10.9 Å². The van der Waals surface area contributed by atoms with Crippen LogP contribution in [0.3, 0.4) is 0 Å². The number of methoxy groups -OCH3 is 2. The van der Waals surface area contributed by atoms with Gasteiger partial charge >= 0.3 is 0 Å². The van der Waals surface area contributed by atoms with E-state index in [1.165, 1.54) is 25.1 Å². The van der Waals surface area contributed by atoms with Crippen LogP contribution in [0, 0.1) is 0 Å². The summed E-state index contributed by atoms with van der Waals surface area (Å²) in [5.74, 6) is 1.03. The lowest BCUT2D eigenvalue weighted by molar-refractivity contribution is 0.340. The van der Waals surface area contributed by atoms with E-state index in [0.717, 1.165) is 10.9 Å². The Morgan fingerprint density at radius 2 is 1.90 bits per heavy atom. The molecule has 3 aromatic rings. The fourth-order valence-corrected chi connectivity index (χ4v) is 3.25. The average Bonchev–Trinajstić information content (AvgIpc) is 2.73. The van der Waals surface area contributed by atoms with Crippen LogP contribution in [0.4, 0.5) is 0 Å². The van der Waals surface area contributed by atoms with Gasteiger partial charge in [-0.1, -0.05) is 29.8 Å². The van der Waals surface area contributed by atoms with Crippen LogP contribution in [0.15, 0.2) is 44.7 Å². The lowest BCUT2D eigenvalue weighted by Crippen LogP contribution is -2.23. The molecule has 8 heteroatoms. The maximum absolute atomic E-state index is 13.1. The van der Waals surface area contributed by atoms with Crippen molar-refractivity contribution in [3.63, 3.8) is 0 Å². The summed E-state index contributed by atoms with van der Waals surface area (Å²) < 4.78 is 12.5. The molecule has 0 spiro atoms. The van der Waals surface area contributed by atoms with E-state index in [4.69, 9.17) is 9.47 Å². The van der Waals surface area contributed by atoms with E-state index < -0.39 is 0 Å². The number of aromatic hydroxyl groups is 1. The Morgan fingerprint density at radius 1 is 1.24 bits per heavy atom. The zero-order valence-corrected chi connectivity index (χ0v) is 18.2. The zero-order valence-electron chi connectivity index (χ0n) is 16.6. The van der Waals surface area contributed by atoms with Gasteiger partial charge in [0.1, 0.15) is 5.82 Å². The molecule has 0 saturated heterocycles. The van der Waals surface area contributed by atoms with Crippen molar-refractivity contribution in [2.45, 2.75) is 26.2 Å². The molecule has 0 radical (unpaired) electrons. The molecular formula is C21H22BrN3O4. The molecule has 7 nitrogen and oxygen atoms in total.